The van der Waals surface area contributed by atoms with Crippen LogP contribution in [0.2, 0.25) is 0 Å². The van der Waals surface area contributed by atoms with E-state index in [4.69, 9.17) is 4.98 Å². The van der Waals surface area contributed by atoms with Crippen molar-refractivity contribution in [2.45, 2.75) is 31.1 Å². The second kappa shape index (κ2) is 8.66. The maximum absolute atomic E-state index is 13.4. The van der Waals surface area contributed by atoms with Crippen LogP contribution in [0.4, 0.5) is 5.95 Å². The van der Waals surface area contributed by atoms with Crippen LogP contribution in [0.5, 0.6) is 0 Å². The van der Waals surface area contributed by atoms with E-state index >= 15 is 0 Å². The molecule has 5 rings (SSSR count). The van der Waals surface area contributed by atoms with E-state index in [0.29, 0.717) is 26.1 Å². The highest BCUT2D eigenvalue weighted by molar-refractivity contribution is 7.89. The molecule has 0 saturated carbocycles. The molecule has 0 amide bonds. The third-order valence-corrected chi connectivity index (χ3v) is 8.09. The van der Waals surface area contributed by atoms with E-state index in [2.05, 4.69) is 28.9 Å². The molecular formula is C24H25N7O2S. The normalized spacial score (nSPS) is 15.6. The molecule has 0 aliphatic carbocycles. The number of sulfonamides is 1. The molecule has 10 heteroatoms. The van der Waals surface area contributed by atoms with Gasteiger partial charge in [0.15, 0.2) is 5.65 Å². The number of fused-ring (bicyclic) bond motifs is 3. The summed E-state index contributed by atoms with van der Waals surface area (Å²) in [5, 5.41) is 19.2. The fourth-order valence-electron chi connectivity index (χ4n) is 4.43. The first-order valence-electron chi connectivity index (χ1n) is 11.3. The van der Waals surface area contributed by atoms with Gasteiger partial charge in [0.2, 0.25) is 16.0 Å². The molecule has 0 N–H and O–H groups in total. The van der Waals surface area contributed by atoms with Crippen LogP contribution < -0.4 is 4.90 Å². The van der Waals surface area contributed by atoms with Crippen LogP contribution in [0.25, 0.3) is 16.6 Å². The van der Waals surface area contributed by atoms with E-state index in [9.17, 15) is 13.7 Å². The molecule has 0 bridgehead atoms. The van der Waals surface area contributed by atoms with Crippen LogP contribution in [0.3, 0.4) is 0 Å². The Hall–Kier alpha value is -3.55. The number of rotatable bonds is 4. The van der Waals surface area contributed by atoms with E-state index in [1.54, 1.807) is 12.1 Å². The van der Waals surface area contributed by atoms with Crippen LogP contribution in [0.1, 0.15) is 37.6 Å². The fraction of sp³-hybridized carbons (Fsp3) is 0.333. The molecule has 0 unspecified atom stereocenters. The number of hydrogen-bond donors (Lipinski definition) is 0. The molecule has 1 saturated heterocycles. The maximum atomic E-state index is 13.4. The van der Waals surface area contributed by atoms with Crippen molar-refractivity contribution in [2.24, 2.45) is 0 Å². The standard InChI is InChI=1S/C24H25N7O2S/c1-17(2)22-27-28-23-19-9-4-5-10-20(19)26-24(31(22)23)29-12-7-13-30(15-14-29)34(32,33)21-11-6-3-8-18(21)16-25/h3-6,8-11,17H,7,12-15H2,1-2H3. The van der Waals surface area contributed by atoms with Gasteiger partial charge in [0.05, 0.1) is 16.0 Å². The van der Waals surface area contributed by atoms with Crippen LogP contribution in [-0.4, -0.2) is 58.5 Å². The minimum atomic E-state index is -3.79. The first-order valence-corrected chi connectivity index (χ1v) is 12.7. The van der Waals surface area contributed by atoms with Gasteiger partial charge in [0.25, 0.3) is 0 Å². The molecule has 3 heterocycles. The topological polar surface area (TPSA) is 107 Å². The number of nitrogens with zero attached hydrogens (tertiary/aromatic N) is 7. The lowest BCUT2D eigenvalue weighted by molar-refractivity contribution is 0.433. The number of hydrogen-bond acceptors (Lipinski definition) is 7. The molecule has 0 atom stereocenters. The summed E-state index contributed by atoms with van der Waals surface area (Å²) in [5.41, 5.74) is 1.73. The van der Waals surface area contributed by atoms with Crippen molar-refractivity contribution in [3.63, 3.8) is 0 Å². The van der Waals surface area contributed by atoms with Gasteiger partial charge < -0.3 is 4.90 Å². The summed E-state index contributed by atoms with van der Waals surface area (Å²) in [6, 6.07) is 16.2. The van der Waals surface area contributed by atoms with Crippen LogP contribution in [-0.2, 0) is 10.0 Å². The van der Waals surface area contributed by atoms with Crippen LogP contribution in [0, 0.1) is 11.3 Å². The summed E-state index contributed by atoms with van der Waals surface area (Å²) >= 11 is 0. The molecule has 174 valence electrons. The van der Waals surface area contributed by atoms with E-state index in [1.165, 1.54) is 16.4 Å². The van der Waals surface area contributed by atoms with Gasteiger partial charge in [-0.3, -0.25) is 0 Å². The van der Waals surface area contributed by atoms with Gasteiger partial charge in [-0.05, 0) is 30.7 Å². The second-order valence-electron chi connectivity index (χ2n) is 8.65. The van der Waals surface area contributed by atoms with Crippen molar-refractivity contribution in [3.05, 3.63) is 59.9 Å². The molecule has 1 aliphatic rings. The summed E-state index contributed by atoms with van der Waals surface area (Å²) in [4.78, 5) is 7.12. The Morgan fingerprint density at radius 2 is 1.74 bits per heavy atom. The largest absolute Gasteiger partial charge is 0.340 e. The molecule has 1 aliphatic heterocycles. The number of aromatic nitrogens is 4. The van der Waals surface area contributed by atoms with Gasteiger partial charge in [-0.25, -0.2) is 17.8 Å². The summed E-state index contributed by atoms with van der Waals surface area (Å²) in [7, 11) is -3.79. The Morgan fingerprint density at radius 3 is 2.53 bits per heavy atom. The molecule has 4 aromatic rings. The number of benzene rings is 2. The number of nitriles is 1. The highest BCUT2D eigenvalue weighted by Gasteiger charge is 2.30. The zero-order valence-corrected chi connectivity index (χ0v) is 19.9. The zero-order chi connectivity index (χ0) is 23.9. The van der Waals surface area contributed by atoms with Gasteiger partial charge in [0, 0.05) is 37.5 Å². The Morgan fingerprint density at radius 1 is 0.971 bits per heavy atom. The first-order chi connectivity index (χ1) is 16.4. The molecule has 1 fully saturated rings. The second-order valence-corrected chi connectivity index (χ2v) is 10.6. The van der Waals surface area contributed by atoms with Gasteiger partial charge in [-0.15, -0.1) is 10.2 Å². The molecule has 0 spiro atoms. The third-order valence-electron chi connectivity index (χ3n) is 6.13. The van der Waals surface area contributed by atoms with E-state index in [-0.39, 0.29) is 22.9 Å². The molecule has 34 heavy (non-hydrogen) atoms. The van der Waals surface area contributed by atoms with Crippen LogP contribution >= 0.6 is 0 Å². The Balaban J connectivity index is 1.53. The quantitative estimate of drug-likeness (QED) is 0.446. The SMILES string of the molecule is CC(C)c1nnc2c3ccccc3nc(N3CCCN(S(=O)(=O)c4ccccc4C#N)CC3)n12. The Bertz CT molecular complexity index is 1520. The maximum Gasteiger partial charge on any atom is 0.244 e. The average Bonchev–Trinajstić information content (AvgIpc) is 3.15. The van der Waals surface area contributed by atoms with Crippen molar-refractivity contribution in [3.8, 4) is 6.07 Å². The fourth-order valence-corrected chi connectivity index (χ4v) is 6.04. The van der Waals surface area contributed by atoms with E-state index < -0.39 is 10.0 Å². The highest BCUT2D eigenvalue weighted by atomic mass is 32.2. The van der Waals surface area contributed by atoms with Gasteiger partial charge in [-0.1, -0.05) is 38.1 Å². The smallest absolute Gasteiger partial charge is 0.244 e. The van der Waals surface area contributed by atoms with Gasteiger partial charge in [-0.2, -0.15) is 9.57 Å². The monoisotopic (exact) mass is 475 g/mol. The lowest BCUT2D eigenvalue weighted by Crippen LogP contribution is -2.36. The Kier molecular flexibility index (Phi) is 5.67. The summed E-state index contributed by atoms with van der Waals surface area (Å²) in [6.07, 6.45) is 0.628. The molecule has 2 aromatic heterocycles. The molecule has 9 nitrogen and oxygen atoms in total. The highest BCUT2D eigenvalue weighted by Crippen LogP contribution is 2.28. The average molecular weight is 476 g/mol. The predicted octanol–water partition coefficient (Wildman–Crippen LogP) is 3.17. The minimum Gasteiger partial charge on any atom is -0.340 e. The van der Waals surface area contributed by atoms with Crippen molar-refractivity contribution in [1.82, 2.24) is 23.9 Å². The number of anilines is 1. The zero-order valence-electron chi connectivity index (χ0n) is 19.1. The van der Waals surface area contributed by atoms with E-state index in [0.717, 1.165) is 28.3 Å². The molecular weight excluding hydrogens is 450 g/mol. The van der Waals surface area contributed by atoms with Crippen molar-refractivity contribution < 1.29 is 8.42 Å². The Labute approximate surface area is 198 Å². The summed E-state index contributed by atoms with van der Waals surface area (Å²) in [5.74, 6) is 1.68. The predicted molar refractivity (Wildman–Crippen MR) is 129 cm³/mol. The van der Waals surface area contributed by atoms with Gasteiger partial charge >= 0.3 is 0 Å². The summed E-state index contributed by atoms with van der Waals surface area (Å²) < 4.78 is 30.2. The van der Waals surface area contributed by atoms with Crippen molar-refractivity contribution in [2.75, 3.05) is 31.1 Å². The van der Waals surface area contributed by atoms with E-state index in [1.807, 2.05) is 34.7 Å². The lowest BCUT2D eigenvalue weighted by Gasteiger charge is -2.24. The number of para-hydroxylation sites is 1. The lowest BCUT2D eigenvalue weighted by atomic mass is 10.2. The molecule has 2 aromatic carbocycles. The van der Waals surface area contributed by atoms with Crippen molar-refractivity contribution >= 4 is 32.5 Å². The van der Waals surface area contributed by atoms with Crippen LogP contribution in [0.15, 0.2) is 53.4 Å². The molecule has 0 radical (unpaired) electrons. The third kappa shape index (κ3) is 3.67. The van der Waals surface area contributed by atoms with Gasteiger partial charge in [0.1, 0.15) is 11.9 Å². The minimum absolute atomic E-state index is 0.0538. The van der Waals surface area contributed by atoms with Crippen molar-refractivity contribution in [1.29, 1.82) is 5.26 Å². The first kappa shape index (κ1) is 22.3. The summed E-state index contributed by atoms with van der Waals surface area (Å²) in [6.45, 7) is 5.90.